The van der Waals surface area contributed by atoms with Crippen LogP contribution in [0.25, 0.3) is 0 Å². The molecule has 1 heterocycles. The number of esters is 2. The SMILES string of the molecule is CCC(=O)[C@@H](C)[C@H]1O[C@@](O)([C@H](C)C(=O)OC[C@@H](C)[C@H]2CC[C@]3(C)C[C@@H]4[C@H](COC(=O)c5ccc(Br)cc5)C[C@@H](O)[C@H]4[C@@](C)(O)C/C=C/23)[C@H](C)C[C@H]1C. The molecular formula is C42H61BrO9. The fraction of sp³-hybridized carbons (Fsp3) is 0.738. The molecule has 0 spiro atoms. The van der Waals surface area contributed by atoms with E-state index in [9.17, 15) is 29.7 Å². The van der Waals surface area contributed by atoms with Crippen molar-refractivity contribution in [2.24, 2.45) is 58.7 Å². The van der Waals surface area contributed by atoms with E-state index < -0.39 is 41.5 Å². The molecule has 3 N–H and O–H groups in total. The summed E-state index contributed by atoms with van der Waals surface area (Å²) in [4.78, 5) is 39.0. The van der Waals surface area contributed by atoms with Crippen LogP contribution < -0.4 is 0 Å². The van der Waals surface area contributed by atoms with Crippen molar-refractivity contribution in [2.45, 2.75) is 124 Å². The molecule has 10 heteroatoms. The summed E-state index contributed by atoms with van der Waals surface area (Å²) in [5.74, 6) is -4.59. The van der Waals surface area contributed by atoms with Crippen LogP contribution in [0.15, 0.2) is 40.4 Å². The first-order chi connectivity index (χ1) is 24.3. The van der Waals surface area contributed by atoms with E-state index in [1.54, 1.807) is 31.2 Å². The van der Waals surface area contributed by atoms with Crippen molar-refractivity contribution in [1.82, 2.24) is 0 Å². The molecule has 9 nitrogen and oxygen atoms in total. The maximum atomic E-state index is 13.6. The van der Waals surface area contributed by atoms with Gasteiger partial charge in [-0.1, -0.05) is 69.1 Å². The van der Waals surface area contributed by atoms with E-state index in [0.717, 1.165) is 23.7 Å². The summed E-state index contributed by atoms with van der Waals surface area (Å²) in [5.41, 5.74) is 0.382. The summed E-state index contributed by atoms with van der Waals surface area (Å²) in [6.07, 6.45) is 5.41. The third-order valence-corrected chi connectivity index (χ3v) is 14.1. The summed E-state index contributed by atoms with van der Waals surface area (Å²) in [6, 6.07) is 7.04. The highest BCUT2D eigenvalue weighted by molar-refractivity contribution is 9.10. The predicted octanol–water partition coefficient (Wildman–Crippen LogP) is 7.29. The molecule has 1 aliphatic heterocycles. The van der Waals surface area contributed by atoms with Gasteiger partial charge in [-0.3, -0.25) is 9.59 Å². The van der Waals surface area contributed by atoms with Crippen molar-refractivity contribution in [3.8, 4) is 0 Å². The molecular weight excluding hydrogens is 728 g/mol. The van der Waals surface area contributed by atoms with Crippen LogP contribution in [0.1, 0.15) is 111 Å². The highest BCUT2D eigenvalue weighted by Crippen LogP contribution is 2.59. The lowest BCUT2D eigenvalue weighted by molar-refractivity contribution is -0.318. The number of allylic oxidation sites excluding steroid dienone is 1. The average Bonchev–Trinajstić information content (AvgIpc) is 3.59. The summed E-state index contributed by atoms with van der Waals surface area (Å²) < 4.78 is 18.9. The Hall–Kier alpha value is -2.11. The van der Waals surface area contributed by atoms with E-state index in [4.69, 9.17) is 14.2 Å². The fourth-order valence-electron chi connectivity index (χ4n) is 10.4. The lowest BCUT2D eigenvalue weighted by Crippen LogP contribution is -2.57. The minimum Gasteiger partial charge on any atom is -0.465 e. The Morgan fingerprint density at radius 1 is 1.04 bits per heavy atom. The quantitative estimate of drug-likeness (QED) is 0.156. The number of carbonyl (C=O) groups is 3. The van der Waals surface area contributed by atoms with E-state index in [1.807, 2.05) is 34.6 Å². The zero-order chi connectivity index (χ0) is 38.3. The van der Waals surface area contributed by atoms with Gasteiger partial charge < -0.3 is 29.5 Å². The van der Waals surface area contributed by atoms with Crippen molar-refractivity contribution < 1.29 is 43.9 Å². The molecule has 0 amide bonds. The Balaban J connectivity index is 1.26. The number of aliphatic hydroxyl groups is 3. The summed E-state index contributed by atoms with van der Waals surface area (Å²) in [6.45, 7) is 15.7. The van der Waals surface area contributed by atoms with Gasteiger partial charge in [0.2, 0.25) is 0 Å². The second kappa shape index (κ2) is 15.9. The van der Waals surface area contributed by atoms with Crippen molar-refractivity contribution in [2.75, 3.05) is 13.2 Å². The van der Waals surface area contributed by atoms with Crippen LogP contribution in [0, 0.1) is 58.7 Å². The van der Waals surface area contributed by atoms with Crippen LogP contribution in [0.4, 0.5) is 0 Å². The van der Waals surface area contributed by atoms with E-state index in [0.29, 0.717) is 31.2 Å². The topological polar surface area (TPSA) is 140 Å². The Kier molecular flexibility index (Phi) is 12.6. The number of benzene rings is 1. The second-order valence-corrected chi connectivity index (χ2v) is 18.3. The van der Waals surface area contributed by atoms with Gasteiger partial charge in [0.25, 0.3) is 0 Å². The standard InChI is InChI=1S/C42H61BrO9/c1-9-34(44)26(5)37-23(2)18-25(4)42(49,52-37)27(6)38(46)50-21-24(3)31-14-16-40(7)20-32-29(22-51-39(47)28-10-12-30(43)13-11-28)19-35(45)36(32)41(8,48)17-15-33(31)40/h10-13,15,23-27,29,31-32,35-37,45,48-49H,9,14,16-22H2,1-8H3/b33-15-/t23-,24-,25-,26-,27-,29+,31-,32-,35-,36+,37+,40-,41+,42-/m1/s1. The highest BCUT2D eigenvalue weighted by atomic mass is 79.9. The number of carbonyl (C=O) groups excluding carboxylic acids is 3. The Morgan fingerprint density at radius 3 is 2.37 bits per heavy atom. The molecule has 1 saturated heterocycles. The maximum Gasteiger partial charge on any atom is 0.338 e. The first-order valence-electron chi connectivity index (χ1n) is 19.5. The number of rotatable bonds is 11. The first-order valence-corrected chi connectivity index (χ1v) is 20.2. The number of ether oxygens (including phenoxy) is 3. The number of halogens is 1. The molecule has 3 fully saturated rings. The number of hydrogen-bond acceptors (Lipinski definition) is 9. The third kappa shape index (κ3) is 8.12. The van der Waals surface area contributed by atoms with E-state index >= 15 is 0 Å². The monoisotopic (exact) mass is 788 g/mol. The lowest BCUT2D eigenvalue weighted by atomic mass is 9.64. The van der Waals surface area contributed by atoms with E-state index in [1.165, 1.54) is 5.57 Å². The molecule has 0 unspecified atom stereocenters. The van der Waals surface area contributed by atoms with Gasteiger partial charge >= 0.3 is 11.9 Å². The normalized spacial score (nSPS) is 40.2. The fourth-order valence-corrected chi connectivity index (χ4v) is 10.7. The van der Waals surface area contributed by atoms with Crippen LogP contribution in [0.5, 0.6) is 0 Å². The van der Waals surface area contributed by atoms with Crippen LogP contribution in [-0.2, 0) is 23.8 Å². The number of fused-ring (bicyclic) bond motifs is 2. The van der Waals surface area contributed by atoms with Crippen LogP contribution in [0.2, 0.25) is 0 Å². The van der Waals surface area contributed by atoms with Crippen molar-refractivity contribution >= 4 is 33.7 Å². The largest absolute Gasteiger partial charge is 0.465 e. The number of ketones is 1. The van der Waals surface area contributed by atoms with Gasteiger partial charge in [-0.15, -0.1) is 0 Å². The van der Waals surface area contributed by atoms with Gasteiger partial charge in [0.15, 0.2) is 5.79 Å². The molecule has 3 aliphatic carbocycles. The maximum absolute atomic E-state index is 13.6. The van der Waals surface area contributed by atoms with E-state index in [-0.39, 0.29) is 71.8 Å². The van der Waals surface area contributed by atoms with Crippen LogP contribution >= 0.6 is 15.9 Å². The summed E-state index contributed by atoms with van der Waals surface area (Å²) in [5, 5.41) is 34.9. The third-order valence-electron chi connectivity index (χ3n) is 13.6. The number of aliphatic hydroxyl groups excluding tert-OH is 1. The Bertz CT molecular complexity index is 1490. The smallest absolute Gasteiger partial charge is 0.338 e. The molecule has 0 radical (unpaired) electrons. The predicted molar refractivity (Wildman–Crippen MR) is 201 cm³/mol. The molecule has 290 valence electrons. The van der Waals surface area contributed by atoms with Gasteiger partial charge in [0.05, 0.1) is 36.6 Å². The zero-order valence-electron chi connectivity index (χ0n) is 32.3. The minimum atomic E-state index is -1.75. The minimum absolute atomic E-state index is 0.0180. The average molecular weight is 790 g/mol. The molecule has 1 aromatic carbocycles. The number of hydrogen-bond donors (Lipinski definition) is 3. The Morgan fingerprint density at radius 2 is 1.71 bits per heavy atom. The molecule has 0 bridgehead atoms. The molecule has 14 atom stereocenters. The highest BCUT2D eigenvalue weighted by Gasteiger charge is 2.56. The summed E-state index contributed by atoms with van der Waals surface area (Å²) >= 11 is 3.40. The van der Waals surface area contributed by atoms with Gasteiger partial charge in [0, 0.05) is 28.6 Å². The van der Waals surface area contributed by atoms with Crippen molar-refractivity contribution in [3.05, 3.63) is 46.0 Å². The van der Waals surface area contributed by atoms with Gasteiger partial charge in [-0.2, -0.15) is 0 Å². The van der Waals surface area contributed by atoms with Gasteiger partial charge in [-0.05, 0) is 112 Å². The van der Waals surface area contributed by atoms with Crippen molar-refractivity contribution in [3.63, 3.8) is 0 Å². The van der Waals surface area contributed by atoms with Gasteiger partial charge in [-0.25, -0.2) is 4.79 Å². The number of Topliss-reactive ketones (excluding diaryl/α,β-unsaturated/α-hetero) is 1. The summed E-state index contributed by atoms with van der Waals surface area (Å²) in [7, 11) is 0. The van der Waals surface area contributed by atoms with E-state index in [2.05, 4.69) is 35.9 Å². The molecule has 1 aromatic rings. The molecule has 0 aromatic heterocycles. The molecule has 2 saturated carbocycles. The molecule has 4 aliphatic rings. The second-order valence-electron chi connectivity index (χ2n) is 17.4. The molecule has 5 rings (SSSR count). The molecule has 52 heavy (non-hydrogen) atoms. The van der Waals surface area contributed by atoms with Crippen molar-refractivity contribution in [1.29, 1.82) is 0 Å². The lowest BCUT2D eigenvalue weighted by Gasteiger charge is -2.48. The van der Waals surface area contributed by atoms with Crippen LogP contribution in [0.3, 0.4) is 0 Å². The first kappa shape index (κ1) is 41.1. The zero-order valence-corrected chi connectivity index (χ0v) is 33.9. The van der Waals surface area contributed by atoms with Gasteiger partial charge in [0.1, 0.15) is 11.7 Å². The van der Waals surface area contributed by atoms with Crippen LogP contribution in [-0.4, -0.2) is 69.9 Å². The Labute approximate surface area is 318 Å².